The molecule has 4 heteroatoms. The molecule has 0 saturated heterocycles. The lowest BCUT2D eigenvalue weighted by molar-refractivity contribution is 0.326. The Morgan fingerprint density at radius 2 is 1.59 bits per heavy atom. The third kappa shape index (κ3) is 5.90. The van der Waals surface area contributed by atoms with Crippen LogP contribution in [0.2, 0.25) is 0 Å². The molecule has 4 nitrogen and oxygen atoms in total. The number of hydrogen-bond acceptors (Lipinski definition) is 4. The van der Waals surface area contributed by atoms with Gasteiger partial charge in [0, 0.05) is 12.2 Å². The van der Waals surface area contributed by atoms with Gasteiger partial charge in [0.15, 0.2) is 11.5 Å². The summed E-state index contributed by atoms with van der Waals surface area (Å²) in [5, 5.41) is 0. The standard InChI is InChI=1S/C23H24N2O2/c1-26-23-17-20(18-24-25-21-12-6-3-7-13-21)14-15-22(23)27-16-8-11-19-9-4-2-5-10-19/h2-15,17,24-25H,16,18H2,1H3. The van der Waals surface area contributed by atoms with Crippen molar-refractivity contribution in [2.24, 2.45) is 0 Å². The summed E-state index contributed by atoms with van der Waals surface area (Å²) < 4.78 is 11.3. The van der Waals surface area contributed by atoms with Gasteiger partial charge in [-0.3, -0.25) is 0 Å². The predicted octanol–water partition coefficient (Wildman–Crippen LogP) is 4.90. The van der Waals surface area contributed by atoms with Crippen LogP contribution in [0.3, 0.4) is 0 Å². The zero-order valence-corrected chi connectivity index (χ0v) is 15.4. The maximum atomic E-state index is 5.83. The molecule has 0 saturated carbocycles. The zero-order chi connectivity index (χ0) is 18.7. The first-order chi connectivity index (χ1) is 13.3. The number of nitrogens with one attached hydrogen (secondary N) is 2. The second-order valence-electron chi connectivity index (χ2n) is 5.95. The van der Waals surface area contributed by atoms with E-state index in [2.05, 4.69) is 23.0 Å². The molecule has 2 N–H and O–H groups in total. The Labute approximate surface area is 160 Å². The van der Waals surface area contributed by atoms with E-state index in [0.717, 1.165) is 28.3 Å². The average Bonchev–Trinajstić information content (AvgIpc) is 2.73. The van der Waals surface area contributed by atoms with Crippen molar-refractivity contribution in [1.82, 2.24) is 5.43 Å². The monoisotopic (exact) mass is 360 g/mol. The molecule has 0 heterocycles. The molecule has 0 aromatic heterocycles. The minimum Gasteiger partial charge on any atom is -0.493 e. The maximum Gasteiger partial charge on any atom is 0.161 e. The van der Waals surface area contributed by atoms with Crippen LogP contribution in [0, 0.1) is 0 Å². The normalized spacial score (nSPS) is 10.7. The number of para-hydroxylation sites is 1. The Bertz CT molecular complexity index is 849. The molecular weight excluding hydrogens is 336 g/mol. The van der Waals surface area contributed by atoms with Crippen LogP contribution in [0.1, 0.15) is 11.1 Å². The molecule has 3 aromatic carbocycles. The molecule has 0 aliphatic heterocycles. The van der Waals surface area contributed by atoms with Crippen molar-refractivity contribution < 1.29 is 9.47 Å². The van der Waals surface area contributed by atoms with Gasteiger partial charge in [0.1, 0.15) is 6.61 Å². The summed E-state index contributed by atoms with van der Waals surface area (Å²) in [7, 11) is 1.65. The van der Waals surface area contributed by atoms with E-state index in [-0.39, 0.29) is 0 Å². The molecule has 0 fully saturated rings. The van der Waals surface area contributed by atoms with Crippen LogP contribution in [0.15, 0.2) is 84.9 Å². The Hall–Kier alpha value is -3.24. The van der Waals surface area contributed by atoms with Gasteiger partial charge >= 0.3 is 0 Å². The van der Waals surface area contributed by atoms with Crippen LogP contribution >= 0.6 is 0 Å². The van der Waals surface area contributed by atoms with Gasteiger partial charge in [-0.2, -0.15) is 0 Å². The van der Waals surface area contributed by atoms with E-state index >= 15 is 0 Å². The predicted molar refractivity (Wildman–Crippen MR) is 111 cm³/mol. The third-order valence-corrected chi connectivity index (χ3v) is 3.97. The van der Waals surface area contributed by atoms with Crippen molar-refractivity contribution >= 4 is 11.8 Å². The van der Waals surface area contributed by atoms with Crippen molar-refractivity contribution in [2.45, 2.75) is 6.54 Å². The zero-order valence-electron chi connectivity index (χ0n) is 15.4. The quantitative estimate of drug-likeness (QED) is 0.533. The smallest absolute Gasteiger partial charge is 0.161 e. The minimum atomic E-state index is 0.485. The molecule has 138 valence electrons. The Morgan fingerprint density at radius 1 is 0.852 bits per heavy atom. The van der Waals surface area contributed by atoms with Crippen LogP contribution in [0.25, 0.3) is 6.08 Å². The summed E-state index contributed by atoms with van der Waals surface area (Å²) in [6, 6.07) is 26.1. The first kappa shape index (κ1) is 18.5. The van der Waals surface area contributed by atoms with Crippen LogP contribution < -0.4 is 20.3 Å². The first-order valence-electron chi connectivity index (χ1n) is 8.90. The highest BCUT2D eigenvalue weighted by molar-refractivity contribution is 5.49. The van der Waals surface area contributed by atoms with Gasteiger partial charge in [0.05, 0.1) is 7.11 Å². The summed E-state index contributed by atoms with van der Waals surface area (Å²) in [6.45, 7) is 1.15. The molecular formula is C23H24N2O2. The Morgan fingerprint density at radius 3 is 2.33 bits per heavy atom. The lowest BCUT2D eigenvalue weighted by Crippen LogP contribution is -2.20. The fourth-order valence-electron chi connectivity index (χ4n) is 2.60. The van der Waals surface area contributed by atoms with E-state index in [0.29, 0.717) is 13.2 Å². The number of benzene rings is 3. The second-order valence-corrected chi connectivity index (χ2v) is 5.95. The van der Waals surface area contributed by atoms with E-state index in [1.807, 2.05) is 78.9 Å². The van der Waals surface area contributed by atoms with Gasteiger partial charge in [-0.15, -0.1) is 0 Å². The summed E-state index contributed by atoms with van der Waals surface area (Å²) in [4.78, 5) is 0. The summed E-state index contributed by atoms with van der Waals surface area (Å²) in [5.41, 5.74) is 9.65. The van der Waals surface area contributed by atoms with Crippen molar-refractivity contribution in [2.75, 3.05) is 19.1 Å². The summed E-state index contributed by atoms with van der Waals surface area (Å²) in [5.74, 6) is 1.46. The number of ether oxygens (including phenoxy) is 2. The fourth-order valence-corrected chi connectivity index (χ4v) is 2.60. The van der Waals surface area contributed by atoms with Gasteiger partial charge < -0.3 is 14.9 Å². The molecule has 0 radical (unpaired) electrons. The SMILES string of the molecule is COc1cc(CNNc2ccccc2)ccc1OCC=Cc1ccccc1. The van der Waals surface area contributed by atoms with E-state index in [1.165, 1.54) is 0 Å². The highest BCUT2D eigenvalue weighted by Gasteiger charge is 2.05. The third-order valence-electron chi connectivity index (χ3n) is 3.97. The van der Waals surface area contributed by atoms with Crippen LogP contribution in [0.5, 0.6) is 11.5 Å². The molecule has 0 aliphatic carbocycles. The summed E-state index contributed by atoms with van der Waals surface area (Å²) in [6.07, 6.45) is 4.04. The highest BCUT2D eigenvalue weighted by Crippen LogP contribution is 2.28. The van der Waals surface area contributed by atoms with E-state index in [1.54, 1.807) is 7.11 Å². The summed E-state index contributed by atoms with van der Waals surface area (Å²) >= 11 is 0. The Kier molecular flexibility index (Phi) is 6.90. The van der Waals surface area contributed by atoms with Crippen molar-refractivity contribution in [3.63, 3.8) is 0 Å². The maximum absolute atomic E-state index is 5.83. The Balaban J connectivity index is 1.51. The average molecular weight is 360 g/mol. The molecule has 0 aliphatic rings. The minimum absolute atomic E-state index is 0.485. The van der Waals surface area contributed by atoms with E-state index in [9.17, 15) is 0 Å². The van der Waals surface area contributed by atoms with Crippen molar-refractivity contribution in [3.05, 3.63) is 96.1 Å². The molecule has 0 unspecified atom stereocenters. The molecule has 0 bridgehead atoms. The number of rotatable bonds is 9. The lowest BCUT2D eigenvalue weighted by atomic mass is 10.2. The molecule has 0 spiro atoms. The van der Waals surface area contributed by atoms with E-state index < -0.39 is 0 Å². The molecule has 0 amide bonds. The molecule has 27 heavy (non-hydrogen) atoms. The van der Waals surface area contributed by atoms with E-state index in [4.69, 9.17) is 9.47 Å². The number of methoxy groups -OCH3 is 1. The van der Waals surface area contributed by atoms with Gasteiger partial charge in [-0.25, -0.2) is 5.43 Å². The van der Waals surface area contributed by atoms with Crippen LogP contribution in [-0.2, 0) is 6.54 Å². The first-order valence-corrected chi connectivity index (χ1v) is 8.90. The second kappa shape index (κ2) is 10.0. The van der Waals surface area contributed by atoms with Gasteiger partial charge in [-0.1, -0.05) is 60.7 Å². The number of anilines is 1. The van der Waals surface area contributed by atoms with Crippen LogP contribution in [-0.4, -0.2) is 13.7 Å². The fraction of sp³-hybridized carbons (Fsp3) is 0.130. The van der Waals surface area contributed by atoms with Gasteiger partial charge in [0.25, 0.3) is 0 Å². The number of hydrogen-bond donors (Lipinski definition) is 2. The van der Waals surface area contributed by atoms with Crippen LogP contribution in [0.4, 0.5) is 5.69 Å². The number of hydrazine groups is 1. The molecule has 0 atom stereocenters. The lowest BCUT2D eigenvalue weighted by Gasteiger charge is -2.12. The van der Waals surface area contributed by atoms with Gasteiger partial charge in [0.2, 0.25) is 0 Å². The van der Waals surface area contributed by atoms with Gasteiger partial charge in [-0.05, 0) is 41.5 Å². The molecule has 3 rings (SSSR count). The topological polar surface area (TPSA) is 42.5 Å². The highest BCUT2D eigenvalue weighted by atomic mass is 16.5. The molecule has 3 aromatic rings. The van der Waals surface area contributed by atoms with Crippen molar-refractivity contribution in [3.8, 4) is 11.5 Å². The van der Waals surface area contributed by atoms with Crippen molar-refractivity contribution in [1.29, 1.82) is 0 Å². The largest absolute Gasteiger partial charge is 0.493 e.